The standard InChI is InChI=1S/C25H17N3O2/c29-24-22-13-4-5-14-23(22)27(25(30)28(24)21-12-7-15-26-17-21)20-11-6-10-19(16-20)18-8-2-1-3-9-18/h1-17H. The van der Waals surface area contributed by atoms with Gasteiger partial charge in [-0.2, -0.15) is 0 Å². The molecule has 0 aliphatic heterocycles. The van der Waals surface area contributed by atoms with Crippen LogP contribution in [-0.2, 0) is 0 Å². The Morgan fingerprint density at radius 2 is 1.37 bits per heavy atom. The van der Waals surface area contributed by atoms with Crippen molar-refractivity contribution in [2.45, 2.75) is 0 Å². The van der Waals surface area contributed by atoms with Gasteiger partial charge in [-0.1, -0.05) is 54.6 Å². The van der Waals surface area contributed by atoms with Gasteiger partial charge in [0.1, 0.15) is 0 Å². The molecule has 0 aliphatic carbocycles. The van der Waals surface area contributed by atoms with E-state index in [2.05, 4.69) is 4.98 Å². The molecule has 0 unspecified atom stereocenters. The smallest absolute Gasteiger partial charge is 0.268 e. The summed E-state index contributed by atoms with van der Waals surface area (Å²) in [5, 5.41) is 0.464. The fraction of sp³-hybridized carbons (Fsp3) is 0. The minimum Gasteiger partial charge on any atom is -0.268 e. The first-order valence-corrected chi connectivity index (χ1v) is 9.57. The summed E-state index contributed by atoms with van der Waals surface area (Å²) in [5.41, 5.74) is 2.94. The molecule has 0 fully saturated rings. The maximum atomic E-state index is 13.6. The highest BCUT2D eigenvalue weighted by Crippen LogP contribution is 2.23. The molecule has 2 aromatic heterocycles. The van der Waals surface area contributed by atoms with Crippen molar-refractivity contribution in [3.05, 3.63) is 124 Å². The fourth-order valence-electron chi connectivity index (χ4n) is 3.68. The van der Waals surface area contributed by atoms with Crippen LogP contribution < -0.4 is 11.2 Å². The monoisotopic (exact) mass is 391 g/mol. The lowest BCUT2D eigenvalue weighted by Gasteiger charge is -2.15. The number of rotatable bonds is 3. The number of hydrogen-bond donors (Lipinski definition) is 0. The van der Waals surface area contributed by atoms with Gasteiger partial charge in [-0.25, -0.2) is 9.36 Å². The second kappa shape index (κ2) is 7.29. The molecule has 2 heterocycles. The van der Waals surface area contributed by atoms with Gasteiger partial charge in [-0.05, 0) is 47.5 Å². The van der Waals surface area contributed by atoms with Gasteiger partial charge in [0.25, 0.3) is 5.56 Å². The highest BCUT2D eigenvalue weighted by molar-refractivity contribution is 5.80. The lowest BCUT2D eigenvalue weighted by atomic mass is 10.1. The number of pyridine rings is 1. The predicted octanol–water partition coefficient (Wildman–Crippen LogP) is 4.20. The first-order chi connectivity index (χ1) is 14.7. The molecule has 0 radical (unpaired) electrons. The summed E-state index contributed by atoms with van der Waals surface area (Å²) in [6.07, 6.45) is 3.12. The molecule has 0 saturated heterocycles. The van der Waals surface area contributed by atoms with Crippen molar-refractivity contribution in [1.82, 2.24) is 14.1 Å². The molecule has 0 atom stereocenters. The molecule has 0 spiro atoms. The Balaban J connectivity index is 1.85. The summed E-state index contributed by atoms with van der Waals surface area (Å²) in [5.74, 6) is 0. The average molecular weight is 391 g/mol. The Kier molecular flexibility index (Phi) is 4.33. The summed E-state index contributed by atoms with van der Waals surface area (Å²) in [6, 6.07) is 28.3. The van der Waals surface area contributed by atoms with Gasteiger partial charge in [-0.3, -0.25) is 14.3 Å². The summed E-state index contributed by atoms with van der Waals surface area (Å²) >= 11 is 0. The van der Waals surface area contributed by atoms with Crippen molar-refractivity contribution in [3.63, 3.8) is 0 Å². The molecule has 30 heavy (non-hydrogen) atoms. The molecule has 0 N–H and O–H groups in total. The molecule has 0 saturated carbocycles. The van der Waals surface area contributed by atoms with Crippen LogP contribution in [-0.4, -0.2) is 14.1 Å². The van der Waals surface area contributed by atoms with E-state index in [9.17, 15) is 9.59 Å². The second-order valence-corrected chi connectivity index (χ2v) is 6.90. The van der Waals surface area contributed by atoms with Crippen LogP contribution in [0.3, 0.4) is 0 Å². The number of aromatic nitrogens is 3. The lowest BCUT2D eigenvalue weighted by Crippen LogP contribution is -2.38. The van der Waals surface area contributed by atoms with Gasteiger partial charge < -0.3 is 0 Å². The Morgan fingerprint density at radius 3 is 2.17 bits per heavy atom. The Hall–Kier alpha value is -4.25. The van der Waals surface area contributed by atoms with E-state index in [1.54, 1.807) is 41.1 Å². The molecular weight excluding hydrogens is 374 g/mol. The van der Waals surface area contributed by atoms with E-state index >= 15 is 0 Å². The minimum absolute atomic E-state index is 0.362. The number of para-hydroxylation sites is 1. The Morgan fingerprint density at radius 1 is 0.633 bits per heavy atom. The van der Waals surface area contributed by atoms with Crippen LogP contribution in [0.15, 0.2) is 113 Å². The molecule has 0 amide bonds. The van der Waals surface area contributed by atoms with Crippen LogP contribution in [0.2, 0.25) is 0 Å². The van der Waals surface area contributed by atoms with Crippen LogP contribution in [0.25, 0.3) is 33.4 Å². The molecule has 144 valence electrons. The van der Waals surface area contributed by atoms with E-state index in [-0.39, 0.29) is 5.56 Å². The van der Waals surface area contributed by atoms with Crippen LogP contribution in [0, 0.1) is 0 Å². The zero-order chi connectivity index (χ0) is 20.5. The highest BCUT2D eigenvalue weighted by Gasteiger charge is 2.16. The minimum atomic E-state index is -0.433. The number of nitrogens with zero attached hydrogens (tertiary/aromatic N) is 3. The van der Waals surface area contributed by atoms with Crippen LogP contribution in [0.4, 0.5) is 0 Å². The Labute approximate surface area is 172 Å². The zero-order valence-electron chi connectivity index (χ0n) is 16.0. The SMILES string of the molecule is O=c1c2ccccc2n(-c2cccc(-c3ccccc3)c2)c(=O)n1-c1cccnc1. The lowest BCUT2D eigenvalue weighted by molar-refractivity contribution is 0.831. The second-order valence-electron chi connectivity index (χ2n) is 6.90. The van der Waals surface area contributed by atoms with E-state index in [4.69, 9.17) is 0 Å². The number of hydrogen-bond acceptors (Lipinski definition) is 3. The Bertz CT molecular complexity index is 1470. The molecule has 0 aliphatic rings. The maximum absolute atomic E-state index is 13.6. The number of benzene rings is 3. The largest absolute Gasteiger partial charge is 0.340 e. The predicted molar refractivity (Wildman–Crippen MR) is 118 cm³/mol. The maximum Gasteiger partial charge on any atom is 0.340 e. The van der Waals surface area contributed by atoms with Gasteiger partial charge in [0.2, 0.25) is 0 Å². The molecule has 5 aromatic rings. The van der Waals surface area contributed by atoms with Crippen molar-refractivity contribution in [2.24, 2.45) is 0 Å². The van der Waals surface area contributed by atoms with Gasteiger partial charge in [0.15, 0.2) is 0 Å². The summed E-state index contributed by atoms with van der Waals surface area (Å²) in [7, 11) is 0. The van der Waals surface area contributed by atoms with Gasteiger partial charge in [-0.15, -0.1) is 0 Å². The van der Waals surface area contributed by atoms with Gasteiger partial charge >= 0.3 is 5.69 Å². The van der Waals surface area contributed by atoms with E-state index in [1.165, 1.54) is 10.8 Å². The normalized spacial score (nSPS) is 10.9. The van der Waals surface area contributed by atoms with Crippen molar-refractivity contribution in [3.8, 4) is 22.5 Å². The third-order valence-corrected chi connectivity index (χ3v) is 5.08. The summed E-state index contributed by atoms with van der Waals surface area (Å²) in [4.78, 5) is 30.8. The topological polar surface area (TPSA) is 56.9 Å². The number of fused-ring (bicyclic) bond motifs is 1. The summed E-state index contributed by atoms with van der Waals surface area (Å²) < 4.78 is 2.75. The first-order valence-electron chi connectivity index (χ1n) is 9.57. The third kappa shape index (κ3) is 2.93. The molecule has 5 rings (SSSR count). The van der Waals surface area contributed by atoms with E-state index in [1.807, 2.05) is 60.7 Å². The van der Waals surface area contributed by atoms with E-state index in [0.29, 0.717) is 22.3 Å². The first kappa shape index (κ1) is 17.8. The quantitative estimate of drug-likeness (QED) is 0.463. The van der Waals surface area contributed by atoms with Crippen molar-refractivity contribution in [2.75, 3.05) is 0 Å². The van der Waals surface area contributed by atoms with Gasteiger partial charge in [0.05, 0.1) is 28.5 Å². The van der Waals surface area contributed by atoms with Crippen LogP contribution in [0.5, 0.6) is 0 Å². The molecule has 5 nitrogen and oxygen atoms in total. The average Bonchev–Trinajstić information content (AvgIpc) is 2.81. The highest BCUT2D eigenvalue weighted by atomic mass is 16.2. The zero-order valence-corrected chi connectivity index (χ0v) is 16.0. The third-order valence-electron chi connectivity index (χ3n) is 5.08. The molecule has 3 aromatic carbocycles. The van der Waals surface area contributed by atoms with Crippen molar-refractivity contribution in [1.29, 1.82) is 0 Å². The molecule has 5 heteroatoms. The molecular formula is C25H17N3O2. The van der Waals surface area contributed by atoms with E-state index < -0.39 is 5.69 Å². The fourth-order valence-corrected chi connectivity index (χ4v) is 3.68. The van der Waals surface area contributed by atoms with Gasteiger partial charge in [0, 0.05) is 6.20 Å². The van der Waals surface area contributed by atoms with Crippen molar-refractivity contribution < 1.29 is 0 Å². The van der Waals surface area contributed by atoms with E-state index in [0.717, 1.165) is 11.1 Å². The van der Waals surface area contributed by atoms with Crippen LogP contribution >= 0.6 is 0 Å². The summed E-state index contributed by atoms with van der Waals surface area (Å²) in [6.45, 7) is 0. The van der Waals surface area contributed by atoms with Crippen molar-refractivity contribution >= 4 is 10.9 Å². The van der Waals surface area contributed by atoms with Crippen LogP contribution in [0.1, 0.15) is 0 Å². The molecule has 0 bridgehead atoms.